The zero-order valence-corrected chi connectivity index (χ0v) is 14.6. The molecule has 0 aliphatic carbocycles. The number of nitrogens with zero attached hydrogens (tertiary/aromatic N) is 1. The second kappa shape index (κ2) is 8.73. The topological polar surface area (TPSA) is 67.9 Å². The maximum atomic E-state index is 12.3. The summed E-state index contributed by atoms with van der Waals surface area (Å²) in [6.07, 6.45) is 0. The fourth-order valence-electron chi connectivity index (χ4n) is 2.37. The summed E-state index contributed by atoms with van der Waals surface area (Å²) in [7, 11) is 3.06. The van der Waals surface area contributed by atoms with Crippen molar-refractivity contribution in [1.29, 1.82) is 0 Å². The molecular formula is C19H22N2O4. The van der Waals surface area contributed by atoms with Crippen LogP contribution in [0.5, 0.6) is 11.5 Å². The Labute approximate surface area is 147 Å². The van der Waals surface area contributed by atoms with E-state index in [1.807, 2.05) is 30.3 Å². The van der Waals surface area contributed by atoms with Gasteiger partial charge in [0.2, 0.25) is 11.8 Å². The van der Waals surface area contributed by atoms with Crippen LogP contribution < -0.4 is 19.7 Å². The van der Waals surface area contributed by atoms with Crippen molar-refractivity contribution in [3.05, 3.63) is 54.1 Å². The second-order valence-corrected chi connectivity index (χ2v) is 5.41. The zero-order valence-electron chi connectivity index (χ0n) is 14.6. The molecule has 0 spiro atoms. The van der Waals surface area contributed by atoms with Crippen LogP contribution in [-0.4, -0.2) is 32.6 Å². The highest BCUT2D eigenvalue weighted by Crippen LogP contribution is 2.32. The quantitative estimate of drug-likeness (QED) is 0.839. The summed E-state index contributed by atoms with van der Waals surface area (Å²) in [5, 5.41) is 2.82. The average molecular weight is 342 g/mol. The van der Waals surface area contributed by atoms with E-state index in [-0.39, 0.29) is 18.4 Å². The Morgan fingerprint density at radius 1 is 1.04 bits per heavy atom. The molecule has 1 N–H and O–H groups in total. The molecule has 132 valence electrons. The third-order valence-corrected chi connectivity index (χ3v) is 3.69. The maximum absolute atomic E-state index is 12.3. The molecule has 2 amide bonds. The van der Waals surface area contributed by atoms with Crippen LogP contribution in [0.2, 0.25) is 0 Å². The predicted molar refractivity (Wildman–Crippen MR) is 95.9 cm³/mol. The Bertz CT molecular complexity index is 731. The molecule has 2 aromatic rings. The largest absolute Gasteiger partial charge is 0.497 e. The Morgan fingerprint density at radius 2 is 1.76 bits per heavy atom. The number of benzene rings is 2. The molecule has 0 aliphatic rings. The van der Waals surface area contributed by atoms with Crippen molar-refractivity contribution in [2.45, 2.75) is 13.5 Å². The predicted octanol–water partition coefficient (Wildman–Crippen LogP) is 2.37. The van der Waals surface area contributed by atoms with Crippen LogP contribution in [0.25, 0.3) is 0 Å². The van der Waals surface area contributed by atoms with Gasteiger partial charge in [0.25, 0.3) is 0 Å². The molecule has 0 unspecified atom stereocenters. The SMILES string of the molecule is COc1ccc(N(CC(=O)NCc2ccccc2)C(C)=O)c(OC)c1. The second-order valence-electron chi connectivity index (χ2n) is 5.41. The number of rotatable bonds is 7. The Balaban J connectivity index is 2.10. The number of carbonyl (C=O) groups excluding carboxylic acids is 2. The number of hydrogen-bond donors (Lipinski definition) is 1. The average Bonchev–Trinajstić information content (AvgIpc) is 2.64. The summed E-state index contributed by atoms with van der Waals surface area (Å²) < 4.78 is 10.5. The first kappa shape index (κ1) is 18.3. The van der Waals surface area contributed by atoms with Gasteiger partial charge in [-0.2, -0.15) is 0 Å². The van der Waals surface area contributed by atoms with E-state index >= 15 is 0 Å². The van der Waals surface area contributed by atoms with E-state index in [2.05, 4.69) is 5.32 Å². The van der Waals surface area contributed by atoms with Crippen LogP contribution in [-0.2, 0) is 16.1 Å². The molecule has 0 heterocycles. The van der Waals surface area contributed by atoms with Crippen LogP contribution in [0.3, 0.4) is 0 Å². The lowest BCUT2D eigenvalue weighted by atomic mass is 10.2. The first-order chi connectivity index (χ1) is 12.0. The molecular weight excluding hydrogens is 320 g/mol. The highest BCUT2D eigenvalue weighted by atomic mass is 16.5. The van der Waals surface area contributed by atoms with Crippen molar-refractivity contribution in [3.63, 3.8) is 0 Å². The van der Waals surface area contributed by atoms with E-state index in [9.17, 15) is 9.59 Å². The van der Waals surface area contributed by atoms with Gasteiger partial charge in [0.15, 0.2) is 0 Å². The number of hydrogen-bond acceptors (Lipinski definition) is 4. The lowest BCUT2D eigenvalue weighted by molar-refractivity contribution is -0.123. The standard InChI is InChI=1S/C19H22N2O4/c1-14(22)21(17-10-9-16(24-2)11-18(17)25-3)13-19(23)20-12-15-7-5-4-6-8-15/h4-11H,12-13H2,1-3H3,(H,20,23). The van der Waals surface area contributed by atoms with Crippen LogP contribution in [0.1, 0.15) is 12.5 Å². The van der Waals surface area contributed by atoms with Gasteiger partial charge in [-0.05, 0) is 17.7 Å². The van der Waals surface area contributed by atoms with Gasteiger partial charge in [-0.1, -0.05) is 30.3 Å². The number of anilines is 1. The maximum Gasteiger partial charge on any atom is 0.240 e. The molecule has 0 saturated carbocycles. The third kappa shape index (κ3) is 4.97. The lowest BCUT2D eigenvalue weighted by Crippen LogP contribution is -2.39. The number of carbonyl (C=O) groups is 2. The summed E-state index contributed by atoms with van der Waals surface area (Å²) in [5.41, 5.74) is 1.51. The van der Waals surface area contributed by atoms with Gasteiger partial charge >= 0.3 is 0 Å². The van der Waals surface area contributed by atoms with Crippen molar-refractivity contribution in [2.75, 3.05) is 25.7 Å². The molecule has 0 radical (unpaired) electrons. The molecule has 0 fully saturated rings. The van der Waals surface area contributed by atoms with Crippen molar-refractivity contribution in [3.8, 4) is 11.5 Å². The molecule has 2 aromatic carbocycles. The first-order valence-electron chi connectivity index (χ1n) is 7.86. The van der Waals surface area contributed by atoms with Crippen molar-refractivity contribution in [2.24, 2.45) is 0 Å². The fraction of sp³-hybridized carbons (Fsp3) is 0.263. The lowest BCUT2D eigenvalue weighted by Gasteiger charge is -2.23. The summed E-state index contributed by atoms with van der Waals surface area (Å²) in [6.45, 7) is 1.73. The monoisotopic (exact) mass is 342 g/mol. The van der Waals surface area contributed by atoms with Crippen molar-refractivity contribution in [1.82, 2.24) is 5.32 Å². The number of ether oxygens (including phenoxy) is 2. The van der Waals surface area contributed by atoms with Gasteiger partial charge in [0.05, 0.1) is 19.9 Å². The van der Waals surface area contributed by atoms with E-state index in [1.54, 1.807) is 25.3 Å². The van der Waals surface area contributed by atoms with E-state index in [0.717, 1.165) is 5.56 Å². The minimum Gasteiger partial charge on any atom is -0.497 e. The highest BCUT2D eigenvalue weighted by molar-refractivity contribution is 5.98. The van der Waals surface area contributed by atoms with Crippen LogP contribution in [0.15, 0.2) is 48.5 Å². The summed E-state index contributed by atoms with van der Waals surface area (Å²) in [5.74, 6) is 0.568. The third-order valence-electron chi connectivity index (χ3n) is 3.69. The molecule has 6 heteroatoms. The van der Waals surface area contributed by atoms with E-state index in [0.29, 0.717) is 23.7 Å². The zero-order chi connectivity index (χ0) is 18.2. The Kier molecular flexibility index (Phi) is 6.39. The smallest absolute Gasteiger partial charge is 0.240 e. The van der Waals surface area contributed by atoms with Gasteiger partial charge in [-0.3, -0.25) is 14.5 Å². The van der Waals surface area contributed by atoms with Crippen LogP contribution in [0, 0.1) is 0 Å². The number of methoxy groups -OCH3 is 2. The van der Waals surface area contributed by atoms with Crippen molar-refractivity contribution >= 4 is 17.5 Å². The molecule has 0 aliphatic heterocycles. The van der Waals surface area contributed by atoms with E-state index in [1.165, 1.54) is 18.9 Å². The first-order valence-corrected chi connectivity index (χ1v) is 7.86. The normalized spacial score (nSPS) is 10.0. The highest BCUT2D eigenvalue weighted by Gasteiger charge is 2.20. The van der Waals surface area contributed by atoms with Gasteiger partial charge in [-0.15, -0.1) is 0 Å². The van der Waals surface area contributed by atoms with E-state index in [4.69, 9.17) is 9.47 Å². The minimum absolute atomic E-state index is 0.0924. The summed E-state index contributed by atoms with van der Waals surface area (Å²) in [4.78, 5) is 25.7. The number of nitrogens with one attached hydrogen (secondary N) is 1. The van der Waals surface area contributed by atoms with Gasteiger partial charge in [0, 0.05) is 19.5 Å². The van der Waals surface area contributed by atoms with Gasteiger partial charge in [0.1, 0.15) is 18.0 Å². The van der Waals surface area contributed by atoms with Crippen LogP contribution >= 0.6 is 0 Å². The van der Waals surface area contributed by atoms with E-state index < -0.39 is 0 Å². The Hall–Kier alpha value is -3.02. The molecule has 0 saturated heterocycles. The van der Waals surface area contributed by atoms with Crippen molar-refractivity contribution < 1.29 is 19.1 Å². The molecule has 0 aromatic heterocycles. The molecule has 25 heavy (non-hydrogen) atoms. The molecule has 0 atom stereocenters. The fourth-order valence-corrected chi connectivity index (χ4v) is 2.37. The summed E-state index contributed by atoms with van der Waals surface area (Å²) in [6, 6.07) is 14.7. The minimum atomic E-state index is -0.253. The Morgan fingerprint density at radius 3 is 2.36 bits per heavy atom. The van der Waals surface area contributed by atoms with Gasteiger partial charge < -0.3 is 14.8 Å². The number of amides is 2. The van der Waals surface area contributed by atoms with Gasteiger partial charge in [-0.25, -0.2) is 0 Å². The molecule has 6 nitrogen and oxygen atoms in total. The molecule has 0 bridgehead atoms. The van der Waals surface area contributed by atoms with Crippen LogP contribution in [0.4, 0.5) is 5.69 Å². The molecule has 2 rings (SSSR count). The summed E-state index contributed by atoms with van der Waals surface area (Å²) >= 11 is 0.